The van der Waals surface area contributed by atoms with E-state index in [9.17, 15) is 9.59 Å². The minimum Gasteiger partial charge on any atom is -0.488 e. The molecule has 26 heavy (non-hydrogen) atoms. The number of primary amides is 1. The van der Waals surface area contributed by atoms with Crippen molar-refractivity contribution >= 4 is 34.1 Å². The van der Waals surface area contributed by atoms with Crippen LogP contribution in [0.25, 0.3) is 11.0 Å². The van der Waals surface area contributed by atoms with Crippen molar-refractivity contribution in [1.29, 1.82) is 0 Å². The molecule has 3 N–H and O–H groups in total. The van der Waals surface area contributed by atoms with Gasteiger partial charge < -0.3 is 20.2 Å². The van der Waals surface area contributed by atoms with E-state index in [1.54, 1.807) is 26.0 Å². The second-order valence-corrected chi connectivity index (χ2v) is 6.97. The van der Waals surface area contributed by atoms with Crippen LogP contribution in [-0.4, -0.2) is 22.8 Å². The van der Waals surface area contributed by atoms with Crippen molar-refractivity contribution in [1.82, 2.24) is 10.3 Å². The van der Waals surface area contributed by atoms with Crippen LogP contribution in [0.2, 0.25) is 0 Å². The van der Waals surface area contributed by atoms with Crippen molar-refractivity contribution in [2.75, 3.05) is 0 Å². The van der Waals surface area contributed by atoms with E-state index in [2.05, 4.69) is 10.3 Å². The van der Waals surface area contributed by atoms with Gasteiger partial charge in [-0.1, -0.05) is 0 Å². The maximum Gasteiger partial charge on any atom is 0.256 e. The molecule has 0 bridgehead atoms. The molecule has 1 atom stereocenters. The number of nitrogens with one attached hydrogen (secondary N) is 1. The molecule has 2 amide bonds. The molecule has 0 spiro atoms. The SMILES string of the molecule is [2H]C([2H])(Oc1ccc2oc(C)c(C(=O)N[C@@H](C)C(N)=O)c2c1)c1cnc(C)s1. The van der Waals surface area contributed by atoms with Gasteiger partial charge in [0.2, 0.25) is 5.91 Å². The number of carbonyl (C=O) groups is 2. The maximum absolute atomic E-state index is 12.6. The Morgan fingerprint density at radius 1 is 1.46 bits per heavy atom. The summed E-state index contributed by atoms with van der Waals surface area (Å²) in [5.41, 5.74) is 5.88. The fourth-order valence-corrected chi connectivity index (χ4v) is 3.01. The highest BCUT2D eigenvalue weighted by atomic mass is 32.1. The van der Waals surface area contributed by atoms with Gasteiger partial charge in [-0.05, 0) is 39.0 Å². The highest BCUT2D eigenvalue weighted by molar-refractivity contribution is 7.11. The third-order valence-electron chi connectivity index (χ3n) is 3.73. The number of hydrogen-bond acceptors (Lipinski definition) is 6. The number of carbonyl (C=O) groups excluding carboxylic acids is 2. The Hall–Kier alpha value is -2.87. The van der Waals surface area contributed by atoms with Gasteiger partial charge in [-0.25, -0.2) is 4.98 Å². The van der Waals surface area contributed by atoms with Gasteiger partial charge in [-0.15, -0.1) is 11.3 Å². The first-order chi connectivity index (χ1) is 13.1. The van der Waals surface area contributed by atoms with E-state index in [-0.39, 0.29) is 11.3 Å². The Kier molecular flexibility index (Phi) is 4.24. The summed E-state index contributed by atoms with van der Waals surface area (Å²) in [5, 5.41) is 3.69. The van der Waals surface area contributed by atoms with E-state index in [4.69, 9.17) is 17.6 Å². The van der Waals surface area contributed by atoms with Crippen molar-refractivity contribution in [3.63, 3.8) is 0 Å². The summed E-state index contributed by atoms with van der Waals surface area (Å²) in [6, 6.07) is 3.84. The molecule has 2 heterocycles. The second kappa shape index (κ2) is 7.17. The summed E-state index contributed by atoms with van der Waals surface area (Å²) >= 11 is 1.20. The average Bonchev–Trinajstić information content (AvgIpc) is 3.17. The fourth-order valence-electron chi connectivity index (χ4n) is 2.40. The highest BCUT2D eigenvalue weighted by Crippen LogP contribution is 2.29. The monoisotopic (exact) mass is 375 g/mol. The van der Waals surface area contributed by atoms with Crippen LogP contribution in [-0.2, 0) is 11.4 Å². The predicted octanol–water partition coefficient (Wildman–Crippen LogP) is 2.69. The van der Waals surface area contributed by atoms with E-state index >= 15 is 0 Å². The smallest absolute Gasteiger partial charge is 0.256 e. The zero-order chi connectivity index (χ0) is 20.6. The zero-order valence-corrected chi connectivity index (χ0v) is 15.3. The number of amides is 2. The lowest BCUT2D eigenvalue weighted by Gasteiger charge is -2.10. The van der Waals surface area contributed by atoms with E-state index < -0.39 is 24.4 Å². The van der Waals surface area contributed by atoms with Crippen LogP contribution >= 0.6 is 11.3 Å². The topological polar surface area (TPSA) is 107 Å². The molecule has 8 heteroatoms. The molecule has 3 rings (SSSR count). The van der Waals surface area contributed by atoms with Crippen LogP contribution in [0.5, 0.6) is 5.75 Å². The molecule has 0 aliphatic heterocycles. The van der Waals surface area contributed by atoms with E-state index in [0.717, 1.165) is 5.01 Å². The van der Waals surface area contributed by atoms with Gasteiger partial charge in [0.25, 0.3) is 5.91 Å². The largest absolute Gasteiger partial charge is 0.488 e. The normalized spacial score (nSPS) is 13.8. The fraction of sp³-hybridized carbons (Fsp3) is 0.278. The Bertz CT molecular complexity index is 1060. The number of fused-ring (bicyclic) bond motifs is 1. The number of nitrogens with zero attached hydrogens (tertiary/aromatic N) is 1. The Labute approximate surface area is 157 Å². The van der Waals surface area contributed by atoms with Gasteiger partial charge in [0, 0.05) is 11.6 Å². The maximum atomic E-state index is 12.6. The molecule has 3 aromatic rings. The standard InChI is InChI=1S/C18H19N3O4S/c1-9(17(19)22)21-18(23)16-10(2)25-15-5-4-12(6-14(15)16)24-8-13-7-20-11(3)26-13/h4-7,9H,8H2,1-3H3,(H2,19,22)(H,21,23)/t9-/m0/s1/i8D2. The summed E-state index contributed by atoms with van der Waals surface area (Å²) in [6.45, 7) is 2.81. The molecule has 1 aromatic carbocycles. The summed E-state index contributed by atoms with van der Waals surface area (Å²) in [7, 11) is 0. The van der Waals surface area contributed by atoms with Crippen molar-refractivity contribution in [2.45, 2.75) is 33.4 Å². The third-order valence-corrected chi connectivity index (χ3v) is 4.54. The van der Waals surface area contributed by atoms with E-state index in [1.807, 2.05) is 0 Å². The third kappa shape index (κ3) is 3.70. The number of thiazole rings is 1. The molecular weight excluding hydrogens is 354 g/mol. The molecule has 0 radical (unpaired) electrons. The second-order valence-electron chi connectivity index (χ2n) is 5.74. The number of nitrogens with two attached hydrogens (primary N) is 1. The van der Waals surface area contributed by atoms with Crippen LogP contribution in [0.1, 0.15) is 35.7 Å². The van der Waals surface area contributed by atoms with Crippen molar-refractivity contribution in [3.05, 3.63) is 45.6 Å². The number of rotatable bonds is 6. The predicted molar refractivity (Wildman–Crippen MR) is 98.3 cm³/mol. The Morgan fingerprint density at radius 3 is 2.88 bits per heavy atom. The van der Waals surface area contributed by atoms with Crippen LogP contribution in [0.4, 0.5) is 0 Å². The number of ether oxygens (including phenoxy) is 1. The first kappa shape index (κ1) is 15.4. The molecule has 0 unspecified atom stereocenters. The van der Waals surface area contributed by atoms with Gasteiger partial charge >= 0.3 is 0 Å². The van der Waals surface area contributed by atoms with Gasteiger partial charge in [0.15, 0.2) is 0 Å². The minimum absolute atomic E-state index is 0.223. The van der Waals surface area contributed by atoms with Gasteiger partial charge in [0.1, 0.15) is 29.7 Å². The lowest BCUT2D eigenvalue weighted by atomic mass is 10.1. The number of aromatic nitrogens is 1. The van der Waals surface area contributed by atoms with E-state index in [0.29, 0.717) is 21.6 Å². The number of benzene rings is 1. The molecule has 0 aliphatic rings. The molecular formula is C18H19N3O4S. The number of aryl methyl sites for hydroxylation is 2. The highest BCUT2D eigenvalue weighted by Gasteiger charge is 2.21. The van der Waals surface area contributed by atoms with Crippen molar-refractivity contribution < 1.29 is 21.5 Å². The van der Waals surface area contributed by atoms with Gasteiger partial charge in [0.05, 0.1) is 18.2 Å². The summed E-state index contributed by atoms with van der Waals surface area (Å²) < 4.78 is 27.5. The summed E-state index contributed by atoms with van der Waals surface area (Å²) in [5.74, 6) is -0.583. The van der Waals surface area contributed by atoms with Crippen LogP contribution in [0, 0.1) is 13.8 Å². The van der Waals surface area contributed by atoms with Gasteiger partial charge in [-0.3, -0.25) is 9.59 Å². The molecule has 0 saturated carbocycles. The van der Waals surface area contributed by atoms with Crippen molar-refractivity contribution in [3.8, 4) is 5.75 Å². The zero-order valence-electron chi connectivity index (χ0n) is 16.5. The van der Waals surface area contributed by atoms with E-state index in [1.165, 1.54) is 30.5 Å². The van der Waals surface area contributed by atoms with Crippen LogP contribution < -0.4 is 15.8 Å². The lowest BCUT2D eigenvalue weighted by molar-refractivity contribution is -0.119. The van der Waals surface area contributed by atoms with Gasteiger partial charge in [-0.2, -0.15) is 0 Å². The summed E-state index contributed by atoms with van der Waals surface area (Å²) in [6.07, 6.45) is 1.44. The molecule has 2 aromatic heterocycles. The van der Waals surface area contributed by atoms with Crippen molar-refractivity contribution in [2.24, 2.45) is 5.73 Å². The Balaban J connectivity index is 1.94. The first-order valence-electron chi connectivity index (χ1n) is 8.83. The Morgan fingerprint density at radius 2 is 2.23 bits per heavy atom. The average molecular weight is 375 g/mol. The number of furan rings is 1. The molecule has 0 saturated heterocycles. The quantitative estimate of drug-likeness (QED) is 0.689. The van der Waals surface area contributed by atoms with Crippen LogP contribution in [0.15, 0.2) is 28.8 Å². The molecule has 0 aliphatic carbocycles. The molecule has 7 nitrogen and oxygen atoms in total. The molecule has 0 fully saturated rings. The minimum atomic E-state index is -2.08. The first-order valence-corrected chi connectivity index (χ1v) is 8.65. The lowest BCUT2D eigenvalue weighted by Crippen LogP contribution is -2.42. The number of hydrogen-bond donors (Lipinski definition) is 2. The summed E-state index contributed by atoms with van der Waals surface area (Å²) in [4.78, 5) is 28.2. The molecule has 136 valence electrons. The van der Waals surface area contributed by atoms with Crippen LogP contribution in [0.3, 0.4) is 0 Å².